The number of nitrogens with one attached hydrogen (secondary N) is 1. The van der Waals surface area contributed by atoms with Gasteiger partial charge in [-0.1, -0.05) is 44.0 Å². The van der Waals surface area contributed by atoms with Gasteiger partial charge in [0.2, 0.25) is 0 Å². The zero-order valence-electron chi connectivity index (χ0n) is 12.3. The SMILES string of the molecule is CC(C)(C)C1CCC(Nc2ccc(Br)c(Cl)c2Cl)CC1. The molecule has 0 atom stereocenters. The highest BCUT2D eigenvalue weighted by Gasteiger charge is 2.29. The molecule has 1 N–H and O–H groups in total. The van der Waals surface area contributed by atoms with Crippen LogP contribution in [0.2, 0.25) is 10.0 Å². The molecule has 1 fully saturated rings. The van der Waals surface area contributed by atoms with Crippen LogP contribution in [0.1, 0.15) is 46.5 Å². The minimum absolute atomic E-state index is 0.420. The largest absolute Gasteiger partial charge is 0.381 e. The Balaban J connectivity index is 1.98. The van der Waals surface area contributed by atoms with Crippen molar-refractivity contribution >= 4 is 44.8 Å². The van der Waals surface area contributed by atoms with Crippen molar-refractivity contribution < 1.29 is 0 Å². The molecule has 0 bridgehead atoms. The van der Waals surface area contributed by atoms with Gasteiger partial charge in [-0.2, -0.15) is 0 Å². The molecule has 2 rings (SSSR count). The Morgan fingerprint density at radius 3 is 2.20 bits per heavy atom. The van der Waals surface area contributed by atoms with Gasteiger partial charge >= 0.3 is 0 Å². The third kappa shape index (κ3) is 3.84. The van der Waals surface area contributed by atoms with Crippen LogP contribution in [0, 0.1) is 11.3 Å². The van der Waals surface area contributed by atoms with Crippen molar-refractivity contribution in [3.05, 3.63) is 26.7 Å². The monoisotopic (exact) mass is 377 g/mol. The molecule has 1 aliphatic carbocycles. The van der Waals surface area contributed by atoms with Crippen molar-refractivity contribution in [2.75, 3.05) is 5.32 Å². The van der Waals surface area contributed by atoms with Crippen molar-refractivity contribution in [1.29, 1.82) is 0 Å². The molecule has 1 saturated carbocycles. The van der Waals surface area contributed by atoms with E-state index in [1.54, 1.807) is 0 Å². The van der Waals surface area contributed by atoms with E-state index in [-0.39, 0.29) is 0 Å². The van der Waals surface area contributed by atoms with Gasteiger partial charge < -0.3 is 5.32 Å². The summed E-state index contributed by atoms with van der Waals surface area (Å²) in [5.41, 5.74) is 1.36. The van der Waals surface area contributed by atoms with E-state index in [4.69, 9.17) is 23.2 Å². The Labute approximate surface area is 140 Å². The lowest BCUT2D eigenvalue weighted by Gasteiger charge is -2.37. The number of hydrogen-bond acceptors (Lipinski definition) is 1. The summed E-state index contributed by atoms with van der Waals surface area (Å²) in [6, 6.07) is 4.44. The summed E-state index contributed by atoms with van der Waals surface area (Å²) in [4.78, 5) is 0. The molecule has 0 radical (unpaired) electrons. The van der Waals surface area contributed by atoms with E-state index in [1.807, 2.05) is 12.1 Å². The molecule has 0 amide bonds. The predicted octanol–water partition coefficient (Wildman–Crippen LogP) is 6.77. The van der Waals surface area contributed by atoms with Crippen molar-refractivity contribution in [2.45, 2.75) is 52.5 Å². The molecule has 1 nitrogen and oxygen atoms in total. The first-order valence-corrected chi connectivity index (χ1v) is 8.74. The third-order valence-corrected chi connectivity index (χ3v) is 6.12. The highest BCUT2D eigenvalue weighted by Crippen LogP contribution is 2.40. The maximum Gasteiger partial charge on any atom is 0.0835 e. The van der Waals surface area contributed by atoms with Crippen molar-refractivity contribution in [3.8, 4) is 0 Å². The molecule has 1 aliphatic rings. The minimum Gasteiger partial charge on any atom is -0.381 e. The van der Waals surface area contributed by atoms with Gasteiger partial charge in [0, 0.05) is 10.5 Å². The second-order valence-electron chi connectivity index (χ2n) is 6.78. The van der Waals surface area contributed by atoms with Gasteiger partial charge in [-0.15, -0.1) is 0 Å². The Morgan fingerprint density at radius 2 is 1.65 bits per heavy atom. The first-order valence-electron chi connectivity index (χ1n) is 7.19. The molecule has 0 saturated heterocycles. The molecular weight excluding hydrogens is 357 g/mol. The van der Waals surface area contributed by atoms with E-state index in [1.165, 1.54) is 25.7 Å². The van der Waals surface area contributed by atoms with E-state index in [9.17, 15) is 0 Å². The van der Waals surface area contributed by atoms with E-state index in [0.717, 1.165) is 16.1 Å². The second kappa shape index (κ2) is 6.46. The van der Waals surface area contributed by atoms with Crippen LogP contribution < -0.4 is 5.32 Å². The summed E-state index contributed by atoms with van der Waals surface area (Å²) in [5.74, 6) is 0.824. The smallest absolute Gasteiger partial charge is 0.0835 e. The molecule has 0 heterocycles. The topological polar surface area (TPSA) is 12.0 Å². The average molecular weight is 379 g/mol. The standard InChI is InChI=1S/C16H22BrCl2N/c1-16(2,3)10-4-6-11(7-5-10)20-13-9-8-12(17)14(18)15(13)19/h8-11,20H,4-7H2,1-3H3. The lowest BCUT2D eigenvalue weighted by atomic mass is 9.71. The van der Waals surface area contributed by atoms with Crippen LogP contribution in [0.5, 0.6) is 0 Å². The van der Waals surface area contributed by atoms with Crippen LogP contribution in [-0.2, 0) is 0 Å². The van der Waals surface area contributed by atoms with Crippen LogP contribution in [0.15, 0.2) is 16.6 Å². The van der Waals surface area contributed by atoms with Gasteiger partial charge in [0.25, 0.3) is 0 Å². The summed E-state index contributed by atoms with van der Waals surface area (Å²) in [6.45, 7) is 7.03. The van der Waals surface area contributed by atoms with E-state index >= 15 is 0 Å². The summed E-state index contributed by atoms with van der Waals surface area (Å²) >= 11 is 15.9. The zero-order chi connectivity index (χ0) is 14.9. The van der Waals surface area contributed by atoms with Crippen LogP contribution in [0.3, 0.4) is 0 Å². The molecule has 0 spiro atoms. The van der Waals surface area contributed by atoms with Gasteiger partial charge in [-0.25, -0.2) is 0 Å². The third-order valence-electron chi connectivity index (χ3n) is 4.35. The number of halogens is 3. The van der Waals surface area contributed by atoms with E-state index in [2.05, 4.69) is 42.0 Å². The molecule has 0 aromatic heterocycles. The summed E-state index contributed by atoms with van der Waals surface area (Å²) in [7, 11) is 0. The number of anilines is 1. The Bertz CT molecular complexity index is 474. The lowest BCUT2D eigenvalue weighted by Crippen LogP contribution is -2.31. The first kappa shape index (κ1) is 16.5. The summed E-state index contributed by atoms with van der Waals surface area (Å²) < 4.78 is 0.839. The molecule has 112 valence electrons. The molecule has 1 aromatic carbocycles. The first-order chi connectivity index (χ1) is 9.29. The highest BCUT2D eigenvalue weighted by atomic mass is 79.9. The second-order valence-corrected chi connectivity index (χ2v) is 8.39. The van der Waals surface area contributed by atoms with Gasteiger partial charge in [0.1, 0.15) is 0 Å². The van der Waals surface area contributed by atoms with Gasteiger partial charge in [0.15, 0.2) is 0 Å². The van der Waals surface area contributed by atoms with Crippen molar-refractivity contribution in [3.63, 3.8) is 0 Å². The maximum absolute atomic E-state index is 6.29. The van der Waals surface area contributed by atoms with Gasteiger partial charge in [-0.05, 0) is 65.1 Å². The number of rotatable bonds is 2. The summed E-state index contributed by atoms with van der Waals surface area (Å²) in [5, 5.41) is 4.75. The minimum atomic E-state index is 0.420. The molecule has 0 aliphatic heterocycles. The fourth-order valence-electron chi connectivity index (χ4n) is 2.96. The lowest BCUT2D eigenvalue weighted by molar-refractivity contribution is 0.173. The van der Waals surface area contributed by atoms with E-state index < -0.39 is 0 Å². The normalized spacial score (nSPS) is 23.7. The van der Waals surface area contributed by atoms with Crippen LogP contribution in [0.25, 0.3) is 0 Å². The molecule has 20 heavy (non-hydrogen) atoms. The Kier molecular flexibility index (Phi) is 5.31. The van der Waals surface area contributed by atoms with Crippen LogP contribution in [0.4, 0.5) is 5.69 Å². The molecule has 1 aromatic rings. The van der Waals surface area contributed by atoms with E-state index in [0.29, 0.717) is 21.5 Å². The fraction of sp³-hybridized carbons (Fsp3) is 0.625. The maximum atomic E-state index is 6.29. The average Bonchev–Trinajstić information content (AvgIpc) is 2.39. The van der Waals surface area contributed by atoms with Crippen LogP contribution >= 0.6 is 39.1 Å². The van der Waals surface area contributed by atoms with Crippen molar-refractivity contribution in [1.82, 2.24) is 0 Å². The molecule has 0 unspecified atom stereocenters. The predicted molar refractivity (Wildman–Crippen MR) is 93.0 cm³/mol. The summed E-state index contributed by atoms with van der Waals surface area (Å²) in [6.07, 6.45) is 4.96. The van der Waals surface area contributed by atoms with Gasteiger partial charge in [0.05, 0.1) is 15.7 Å². The quantitative estimate of drug-likeness (QED) is 0.559. The number of benzene rings is 1. The Hall–Kier alpha value is 0.0800. The van der Waals surface area contributed by atoms with Crippen molar-refractivity contribution in [2.24, 2.45) is 11.3 Å². The zero-order valence-corrected chi connectivity index (χ0v) is 15.4. The Morgan fingerprint density at radius 1 is 1.05 bits per heavy atom. The molecule has 4 heteroatoms. The number of hydrogen-bond donors (Lipinski definition) is 1. The fourth-order valence-corrected chi connectivity index (χ4v) is 3.79. The van der Waals surface area contributed by atoms with Crippen LogP contribution in [-0.4, -0.2) is 6.04 Å². The van der Waals surface area contributed by atoms with Gasteiger partial charge in [-0.3, -0.25) is 0 Å². The highest BCUT2D eigenvalue weighted by molar-refractivity contribution is 9.10. The molecular formula is C16H22BrCl2N.